The van der Waals surface area contributed by atoms with Gasteiger partial charge in [-0.05, 0) is 26.3 Å². The monoisotopic (exact) mass is 505 g/mol. The van der Waals surface area contributed by atoms with Crippen LogP contribution in [-0.2, 0) is 21.0 Å². The Kier molecular flexibility index (Phi) is 10.9. The van der Waals surface area contributed by atoms with Crippen LogP contribution in [0.2, 0.25) is 0 Å². The predicted octanol–water partition coefficient (Wildman–Crippen LogP) is 0.412. The van der Waals surface area contributed by atoms with E-state index in [4.69, 9.17) is 10.6 Å². The smallest absolute Gasteiger partial charge is 0.337 e. The van der Waals surface area contributed by atoms with Crippen LogP contribution in [-0.4, -0.2) is 77.7 Å². The van der Waals surface area contributed by atoms with Crippen molar-refractivity contribution < 1.29 is 28.8 Å². The minimum atomic E-state index is -0.971. The van der Waals surface area contributed by atoms with E-state index in [1.807, 2.05) is 30.3 Å². The Morgan fingerprint density at radius 1 is 0.972 bits per heavy atom. The molecule has 6 N–H and O–H groups in total. The van der Waals surface area contributed by atoms with E-state index in [1.54, 1.807) is 20.8 Å². The molecule has 7 amide bonds. The van der Waals surface area contributed by atoms with Gasteiger partial charge in [-0.2, -0.15) is 0 Å². The Morgan fingerprint density at radius 2 is 1.61 bits per heavy atom. The van der Waals surface area contributed by atoms with Crippen molar-refractivity contribution in [2.24, 2.45) is 5.73 Å². The summed E-state index contributed by atoms with van der Waals surface area (Å²) in [4.78, 5) is 66.6. The van der Waals surface area contributed by atoms with E-state index in [-0.39, 0.29) is 50.6 Å². The van der Waals surface area contributed by atoms with Crippen LogP contribution in [0.25, 0.3) is 0 Å². The average Bonchev–Trinajstić information content (AvgIpc) is 3.15. The maximum absolute atomic E-state index is 13.0. The first kappa shape index (κ1) is 28.4. The van der Waals surface area contributed by atoms with Crippen molar-refractivity contribution in [3.05, 3.63) is 35.9 Å². The Labute approximate surface area is 210 Å². The number of imide groups is 1. The van der Waals surface area contributed by atoms with Crippen LogP contribution in [0.1, 0.15) is 39.2 Å². The van der Waals surface area contributed by atoms with E-state index in [2.05, 4.69) is 21.3 Å². The number of nitrogens with two attached hydrogens (primary N) is 1. The number of benzene rings is 1. The van der Waals surface area contributed by atoms with Gasteiger partial charge in [0.15, 0.2) is 0 Å². The van der Waals surface area contributed by atoms with Crippen molar-refractivity contribution >= 4 is 30.0 Å². The molecular formula is C23H35N7O6. The Balaban J connectivity index is 1.92. The highest BCUT2D eigenvalue weighted by Gasteiger charge is 2.33. The zero-order valence-electron chi connectivity index (χ0n) is 20.8. The zero-order valence-corrected chi connectivity index (χ0v) is 20.8. The van der Waals surface area contributed by atoms with Gasteiger partial charge in [0.05, 0.1) is 0 Å². The second-order valence-corrected chi connectivity index (χ2v) is 8.72. The molecule has 1 saturated heterocycles. The number of rotatable bonds is 11. The summed E-state index contributed by atoms with van der Waals surface area (Å²) >= 11 is 0. The van der Waals surface area contributed by atoms with E-state index in [0.29, 0.717) is 11.6 Å². The highest BCUT2D eigenvalue weighted by Crippen LogP contribution is 2.12. The fourth-order valence-electron chi connectivity index (χ4n) is 3.24. The lowest BCUT2D eigenvalue weighted by Gasteiger charge is -2.30. The first-order valence-electron chi connectivity index (χ1n) is 11.8. The molecule has 1 aliphatic rings. The second kappa shape index (κ2) is 13.9. The summed E-state index contributed by atoms with van der Waals surface area (Å²) in [7, 11) is 0. The summed E-state index contributed by atoms with van der Waals surface area (Å²) in [6, 6.07) is 7.47. The third-order valence-corrected chi connectivity index (χ3v) is 5.23. The molecule has 36 heavy (non-hydrogen) atoms. The van der Waals surface area contributed by atoms with Gasteiger partial charge in [-0.15, -0.1) is 5.06 Å². The van der Waals surface area contributed by atoms with Gasteiger partial charge in [0.2, 0.25) is 0 Å². The van der Waals surface area contributed by atoms with Crippen LogP contribution in [0.5, 0.6) is 0 Å². The van der Waals surface area contributed by atoms with Gasteiger partial charge in [-0.3, -0.25) is 9.59 Å². The fourth-order valence-corrected chi connectivity index (χ4v) is 3.24. The van der Waals surface area contributed by atoms with Gasteiger partial charge in [0.1, 0.15) is 0 Å². The van der Waals surface area contributed by atoms with Crippen molar-refractivity contribution in [1.82, 2.24) is 31.2 Å². The lowest BCUT2D eigenvalue weighted by molar-refractivity contribution is -0.171. The number of nitrogens with zero attached hydrogens (tertiary/aromatic N) is 2. The minimum absolute atomic E-state index is 0.00277. The van der Waals surface area contributed by atoms with Gasteiger partial charge in [-0.25, -0.2) is 14.4 Å². The third-order valence-electron chi connectivity index (χ3n) is 5.23. The zero-order chi connectivity index (χ0) is 26.7. The maximum atomic E-state index is 13.0. The van der Waals surface area contributed by atoms with Crippen molar-refractivity contribution in [3.63, 3.8) is 0 Å². The van der Waals surface area contributed by atoms with Crippen LogP contribution >= 0.6 is 0 Å². The summed E-state index contributed by atoms with van der Waals surface area (Å²) in [6.45, 7) is 5.99. The van der Waals surface area contributed by atoms with Gasteiger partial charge < -0.3 is 36.7 Å². The number of nitrogens with one attached hydrogen (secondary N) is 4. The maximum Gasteiger partial charge on any atom is 0.432 e. The van der Waals surface area contributed by atoms with E-state index < -0.39 is 30.0 Å². The van der Waals surface area contributed by atoms with Crippen LogP contribution in [0.4, 0.5) is 14.4 Å². The van der Waals surface area contributed by atoms with Gasteiger partial charge >= 0.3 is 18.2 Å². The summed E-state index contributed by atoms with van der Waals surface area (Å²) < 4.78 is 0. The van der Waals surface area contributed by atoms with Crippen LogP contribution < -0.4 is 27.0 Å². The van der Waals surface area contributed by atoms with E-state index >= 15 is 0 Å². The number of urea groups is 2. The van der Waals surface area contributed by atoms with Crippen molar-refractivity contribution in [3.8, 4) is 0 Å². The molecular weight excluding hydrogens is 470 g/mol. The SMILES string of the molecule is C[C@H](N)CNC(=O)N[C@@H](C)CNC(=O)N(Cc1ccccc1)[C@@H](C)CNC(=O)ON1C(=O)CCC1=O. The number of hydrogen-bond donors (Lipinski definition) is 5. The molecule has 1 aromatic carbocycles. The highest BCUT2D eigenvalue weighted by atomic mass is 16.7. The lowest BCUT2D eigenvalue weighted by atomic mass is 10.2. The molecule has 2 rings (SSSR count). The van der Waals surface area contributed by atoms with E-state index in [0.717, 1.165) is 5.56 Å². The normalized spacial score (nSPS) is 15.5. The second-order valence-electron chi connectivity index (χ2n) is 8.72. The van der Waals surface area contributed by atoms with Crippen molar-refractivity contribution in [2.45, 2.75) is 58.3 Å². The van der Waals surface area contributed by atoms with Gasteiger partial charge in [0.25, 0.3) is 11.8 Å². The molecule has 0 saturated carbocycles. The van der Waals surface area contributed by atoms with Crippen LogP contribution in [0, 0.1) is 0 Å². The fraction of sp³-hybridized carbons (Fsp3) is 0.522. The molecule has 1 aliphatic heterocycles. The largest absolute Gasteiger partial charge is 0.432 e. The summed E-state index contributed by atoms with van der Waals surface area (Å²) in [5.41, 5.74) is 6.49. The molecule has 1 heterocycles. The molecule has 1 aromatic rings. The molecule has 0 spiro atoms. The van der Waals surface area contributed by atoms with E-state index in [9.17, 15) is 24.0 Å². The van der Waals surface area contributed by atoms with Crippen LogP contribution in [0.3, 0.4) is 0 Å². The molecule has 0 aromatic heterocycles. The number of carbonyl (C=O) groups is 5. The third kappa shape index (κ3) is 9.41. The first-order valence-corrected chi connectivity index (χ1v) is 11.8. The molecule has 1 fully saturated rings. The molecule has 0 bridgehead atoms. The quantitative estimate of drug-likeness (QED) is 0.271. The van der Waals surface area contributed by atoms with Gasteiger partial charge in [0, 0.05) is 57.1 Å². The molecule has 0 aliphatic carbocycles. The van der Waals surface area contributed by atoms with Crippen LogP contribution in [0.15, 0.2) is 30.3 Å². The Hall–Kier alpha value is -3.87. The Morgan fingerprint density at radius 3 is 2.22 bits per heavy atom. The van der Waals surface area contributed by atoms with Gasteiger partial charge in [-0.1, -0.05) is 30.3 Å². The molecule has 13 heteroatoms. The topological polar surface area (TPSA) is 175 Å². The molecule has 0 radical (unpaired) electrons. The summed E-state index contributed by atoms with van der Waals surface area (Å²) in [5.74, 6) is -1.16. The molecule has 0 unspecified atom stereocenters. The molecule has 3 atom stereocenters. The number of amides is 7. The average molecular weight is 506 g/mol. The lowest BCUT2D eigenvalue weighted by Crippen LogP contribution is -2.52. The molecule has 198 valence electrons. The van der Waals surface area contributed by atoms with E-state index in [1.165, 1.54) is 4.90 Å². The minimum Gasteiger partial charge on any atom is -0.337 e. The Bertz CT molecular complexity index is 911. The number of hydroxylamine groups is 2. The number of hydrogen-bond acceptors (Lipinski definition) is 7. The first-order chi connectivity index (χ1) is 17.1. The predicted molar refractivity (Wildman–Crippen MR) is 130 cm³/mol. The standard InChI is InChI=1S/C23H35N7O6/c1-15(24)11-25-21(33)28-16(2)12-26-22(34)29(14-18-7-5-4-6-8-18)17(3)13-27-23(35)36-30-19(31)9-10-20(30)32/h4-8,15-17H,9-14,24H2,1-3H3,(H,26,34)(H,27,35)(H2,25,28,33)/t15-,16-,17-/m0/s1. The summed E-state index contributed by atoms with van der Waals surface area (Å²) in [5, 5.41) is 11.1. The highest BCUT2D eigenvalue weighted by molar-refractivity contribution is 6.01. The van der Waals surface area contributed by atoms with Crippen molar-refractivity contribution in [1.29, 1.82) is 0 Å². The molecule has 13 nitrogen and oxygen atoms in total. The van der Waals surface area contributed by atoms with Crippen molar-refractivity contribution in [2.75, 3.05) is 19.6 Å². The summed E-state index contributed by atoms with van der Waals surface area (Å²) in [6.07, 6.45) is -0.982. The number of carbonyl (C=O) groups excluding carboxylic acids is 5.